The number of benzene rings is 1. The lowest BCUT2D eigenvalue weighted by molar-refractivity contribution is -0.137. The van der Waals surface area contributed by atoms with Gasteiger partial charge < -0.3 is 15.5 Å². The van der Waals surface area contributed by atoms with Crippen LogP contribution >= 0.6 is 22.9 Å². The van der Waals surface area contributed by atoms with Gasteiger partial charge in [0.05, 0.1) is 38.5 Å². The van der Waals surface area contributed by atoms with Gasteiger partial charge in [0, 0.05) is 38.9 Å². The smallest absolute Gasteiger partial charge is 0.353 e. The number of nitrogens with zero attached hydrogens (tertiary/aromatic N) is 4. The van der Waals surface area contributed by atoms with Crippen LogP contribution in [0.2, 0.25) is 5.02 Å². The molecule has 1 unspecified atom stereocenters. The first-order chi connectivity index (χ1) is 19.4. The Morgan fingerprint density at radius 2 is 1.85 bits per heavy atom. The van der Waals surface area contributed by atoms with Crippen molar-refractivity contribution in [2.45, 2.75) is 24.0 Å². The quantitative estimate of drug-likeness (QED) is 0.389. The molecule has 8 bridgehead atoms. The first-order valence-electron chi connectivity index (χ1n) is 12.6. The third-order valence-electron chi connectivity index (χ3n) is 7.18. The van der Waals surface area contributed by atoms with Crippen molar-refractivity contribution in [1.29, 1.82) is 0 Å². The molecule has 2 N–H and O–H groups in total. The van der Waals surface area contributed by atoms with E-state index in [0.29, 0.717) is 54.3 Å². The van der Waals surface area contributed by atoms with Gasteiger partial charge in [-0.3, -0.25) is 14.5 Å². The first kappa shape index (κ1) is 27.9. The van der Waals surface area contributed by atoms with Gasteiger partial charge in [0.15, 0.2) is 9.84 Å². The van der Waals surface area contributed by atoms with Crippen LogP contribution in [0.1, 0.15) is 26.4 Å². The number of amides is 2. The van der Waals surface area contributed by atoms with Crippen molar-refractivity contribution in [3.8, 4) is 10.6 Å². The fourth-order valence-corrected chi connectivity index (χ4v) is 8.26. The molecule has 0 saturated heterocycles. The minimum absolute atomic E-state index is 0.180. The minimum atomic E-state index is -4.87. The number of rotatable bonds is 0. The van der Waals surface area contributed by atoms with Gasteiger partial charge in [0.25, 0.3) is 5.91 Å². The van der Waals surface area contributed by atoms with E-state index in [9.17, 15) is 31.2 Å². The Hall–Kier alpha value is -3.27. The number of carbonyl (C=O) groups is 2. The summed E-state index contributed by atoms with van der Waals surface area (Å²) in [6, 6.07) is 4.63. The van der Waals surface area contributed by atoms with Gasteiger partial charge in [-0.05, 0) is 35.7 Å². The van der Waals surface area contributed by atoms with Crippen molar-refractivity contribution in [1.82, 2.24) is 25.1 Å². The van der Waals surface area contributed by atoms with E-state index in [4.69, 9.17) is 11.6 Å². The standard InChI is InChI=1S/C25H22ClF3N6O4S2/c26-16-7-13-1-3-34-4-2-30-20(36)12-35-5-6-41(38,39)19-9-18(40-22(19)23(35)37)21-15(25(27,28)29)10-31-24(33-21)32-17(16)8-14(13)11-34/h7-10H,1-6,11-12H2,(H,30,36)(H,31,32,33). The van der Waals surface area contributed by atoms with Gasteiger partial charge in [0.1, 0.15) is 10.4 Å². The van der Waals surface area contributed by atoms with Crippen LogP contribution in [0, 0.1) is 0 Å². The number of halogens is 4. The monoisotopic (exact) mass is 626 g/mol. The fraction of sp³-hybridized carbons (Fsp3) is 0.360. The minimum Gasteiger partial charge on any atom is -0.353 e. The molecule has 0 saturated carbocycles. The Kier molecular flexibility index (Phi) is 6.95. The maximum atomic E-state index is 14.1. The highest BCUT2D eigenvalue weighted by Gasteiger charge is 2.39. The SMILES string of the molecule is O=C1CN2CCS(=O)(=O)c3cc(sc3C2=O)-c2nc(ncc2C(F)(F)F)Nc2cc3c(cc2Cl)CCN(CCN1)C3. The zero-order chi connectivity index (χ0) is 29.1. The van der Waals surface area contributed by atoms with E-state index in [1.807, 2.05) is 0 Å². The van der Waals surface area contributed by atoms with Crippen LogP contribution in [0.5, 0.6) is 0 Å². The van der Waals surface area contributed by atoms with Crippen LogP contribution in [-0.2, 0) is 33.8 Å². The lowest BCUT2D eigenvalue weighted by Crippen LogP contribution is -2.44. The molecule has 1 atom stereocenters. The summed E-state index contributed by atoms with van der Waals surface area (Å²) in [5.74, 6) is -1.89. The number of thiophene rings is 1. The number of nitrogens with one attached hydrogen (secondary N) is 2. The maximum absolute atomic E-state index is 14.1. The molecular weight excluding hydrogens is 605 g/mol. The van der Waals surface area contributed by atoms with Gasteiger partial charge in [-0.1, -0.05) is 11.6 Å². The van der Waals surface area contributed by atoms with Crippen molar-refractivity contribution >= 4 is 56.2 Å². The molecule has 1 aromatic carbocycles. The highest BCUT2D eigenvalue weighted by atomic mass is 35.5. The number of carbonyl (C=O) groups excluding carboxylic acids is 2. The lowest BCUT2D eigenvalue weighted by Gasteiger charge is -2.29. The predicted molar refractivity (Wildman–Crippen MR) is 145 cm³/mol. The number of hydrogen-bond acceptors (Lipinski definition) is 9. The van der Waals surface area contributed by atoms with Crippen LogP contribution < -0.4 is 10.6 Å². The third-order valence-corrected chi connectivity index (χ3v) is 10.5. The molecule has 0 fully saturated rings. The van der Waals surface area contributed by atoms with E-state index >= 15 is 0 Å². The highest BCUT2D eigenvalue weighted by Crippen LogP contribution is 2.42. The Bertz CT molecular complexity index is 1690. The van der Waals surface area contributed by atoms with Crippen molar-refractivity contribution in [2.75, 3.05) is 43.8 Å². The van der Waals surface area contributed by atoms with E-state index in [-0.39, 0.29) is 33.7 Å². The van der Waals surface area contributed by atoms with Gasteiger partial charge in [-0.15, -0.1) is 11.3 Å². The second-order valence-corrected chi connectivity index (χ2v) is 13.4. The summed E-state index contributed by atoms with van der Waals surface area (Å²) in [6.07, 6.45) is -3.55. The lowest BCUT2D eigenvalue weighted by atomic mass is 9.99. The molecule has 216 valence electrons. The van der Waals surface area contributed by atoms with E-state index in [0.717, 1.165) is 28.6 Å². The van der Waals surface area contributed by atoms with Gasteiger partial charge in [0.2, 0.25) is 11.9 Å². The molecule has 41 heavy (non-hydrogen) atoms. The van der Waals surface area contributed by atoms with Crippen molar-refractivity contribution in [3.63, 3.8) is 0 Å². The summed E-state index contributed by atoms with van der Waals surface area (Å²) < 4.78 is 68.3. The van der Waals surface area contributed by atoms with E-state index in [1.165, 1.54) is 0 Å². The molecule has 0 radical (unpaired) electrons. The van der Waals surface area contributed by atoms with E-state index in [2.05, 4.69) is 25.5 Å². The summed E-state index contributed by atoms with van der Waals surface area (Å²) in [6.45, 7) is 1.50. The van der Waals surface area contributed by atoms with Crippen LogP contribution in [0.15, 0.2) is 29.3 Å². The molecular formula is C25H22ClF3N6O4S2. The van der Waals surface area contributed by atoms with E-state index in [1.54, 1.807) is 12.1 Å². The second-order valence-electron chi connectivity index (χ2n) is 9.91. The molecule has 3 aromatic rings. The molecule has 10 nitrogen and oxygen atoms in total. The number of alkyl halides is 3. The molecule has 5 heterocycles. The van der Waals surface area contributed by atoms with Crippen LogP contribution in [-0.4, -0.2) is 78.5 Å². The topological polar surface area (TPSA) is 125 Å². The molecule has 3 aliphatic heterocycles. The number of hydrogen-bond donors (Lipinski definition) is 2. The third kappa shape index (κ3) is 5.38. The molecule has 0 spiro atoms. The number of sulfone groups is 1. The summed E-state index contributed by atoms with van der Waals surface area (Å²) in [7, 11) is -4.05. The Morgan fingerprint density at radius 1 is 1.05 bits per heavy atom. The average Bonchev–Trinajstić information content (AvgIpc) is 3.34. The molecule has 2 amide bonds. The molecule has 0 aliphatic carbocycles. The Labute approximate surface area is 241 Å². The normalized spacial score (nSPS) is 20.5. The maximum Gasteiger partial charge on any atom is 0.420 e. The average molecular weight is 627 g/mol. The van der Waals surface area contributed by atoms with Crippen LogP contribution in [0.3, 0.4) is 0 Å². The number of aromatic nitrogens is 2. The van der Waals surface area contributed by atoms with Crippen molar-refractivity contribution < 1.29 is 31.2 Å². The number of anilines is 2. The Morgan fingerprint density at radius 3 is 2.63 bits per heavy atom. The molecule has 6 rings (SSSR count). The van der Waals surface area contributed by atoms with E-state index < -0.39 is 44.8 Å². The Balaban J connectivity index is 1.51. The van der Waals surface area contributed by atoms with Crippen LogP contribution in [0.25, 0.3) is 10.6 Å². The highest BCUT2D eigenvalue weighted by molar-refractivity contribution is 7.91. The first-order valence-corrected chi connectivity index (χ1v) is 15.4. The number of fused-ring (bicyclic) bond motifs is 7. The second kappa shape index (κ2) is 10.2. The summed E-state index contributed by atoms with van der Waals surface area (Å²) in [4.78, 5) is 36.5. The van der Waals surface area contributed by atoms with Gasteiger partial charge >= 0.3 is 6.18 Å². The van der Waals surface area contributed by atoms with Gasteiger partial charge in [-0.25, -0.2) is 18.4 Å². The fourth-order valence-electron chi connectivity index (χ4n) is 5.07. The van der Waals surface area contributed by atoms with Crippen molar-refractivity contribution in [3.05, 3.63) is 51.0 Å². The zero-order valence-corrected chi connectivity index (χ0v) is 23.6. The summed E-state index contributed by atoms with van der Waals surface area (Å²) >= 11 is 7.08. The van der Waals surface area contributed by atoms with Crippen LogP contribution in [0.4, 0.5) is 24.8 Å². The molecule has 3 aliphatic rings. The van der Waals surface area contributed by atoms with Crippen molar-refractivity contribution in [2.24, 2.45) is 0 Å². The van der Waals surface area contributed by atoms with Gasteiger partial charge in [-0.2, -0.15) is 13.2 Å². The molecule has 2 aromatic heterocycles. The predicted octanol–water partition coefficient (Wildman–Crippen LogP) is 3.34. The summed E-state index contributed by atoms with van der Waals surface area (Å²) in [5, 5.41) is 6.01. The molecule has 16 heteroatoms. The largest absolute Gasteiger partial charge is 0.420 e. The summed E-state index contributed by atoms with van der Waals surface area (Å²) in [5.41, 5.74) is 0.602. The zero-order valence-electron chi connectivity index (χ0n) is 21.2.